The largest absolute Gasteiger partial charge is 0.465 e. The highest BCUT2D eigenvalue weighted by atomic mass is 127. The van der Waals surface area contributed by atoms with Gasteiger partial charge < -0.3 is 9.52 Å². The summed E-state index contributed by atoms with van der Waals surface area (Å²) in [6.07, 6.45) is 0.874. The molecular weight excluding hydrogens is 379 g/mol. The van der Waals surface area contributed by atoms with Gasteiger partial charge in [-0.3, -0.25) is 0 Å². The predicted octanol–water partition coefficient (Wildman–Crippen LogP) is 3.79. The van der Waals surface area contributed by atoms with Crippen molar-refractivity contribution in [3.05, 3.63) is 42.5 Å². The highest BCUT2D eigenvalue weighted by Crippen LogP contribution is 2.31. The van der Waals surface area contributed by atoms with Gasteiger partial charge in [0, 0.05) is 0 Å². The van der Waals surface area contributed by atoms with Gasteiger partial charge in [0.05, 0.1) is 13.6 Å². The molecule has 0 bridgehead atoms. The topological polar surface area (TPSA) is 33.4 Å². The number of halogens is 2. The molecule has 0 aliphatic rings. The van der Waals surface area contributed by atoms with E-state index in [4.69, 9.17) is 4.42 Å². The van der Waals surface area contributed by atoms with Gasteiger partial charge >= 0.3 is 0 Å². The molecule has 2 aromatic heterocycles. The Hall–Kier alpha value is 0.150. The molecule has 5 heteroatoms. The van der Waals surface area contributed by atoms with E-state index in [-0.39, 0.29) is 0 Å². The third-order valence-electron chi connectivity index (χ3n) is 1.80. The maximum atomic E-state index is 9.95. The molecule has 0 fully saturated rings. The number of hydrogen-bond acceptors (Lipinski definition) is 3. The van der Waals surface area contributed by atoms with Gasteiger partial charge in [0.1, 0.15) is 6.10 Å². The van der Waals surface area contributed by atoms with Crippen molar-refractivity contribution in [3.63, 3.8) is 0 Å². The fourth-order valence-corrected chi connectivity index (χ4v) is 2.93. The summed E-state index contributed by atoms with van der Waals surface area (Å²) < 4.78 is 7.14. The van der Waals surface area contributed by atoms with Crippen LogP contribution in [0.2, 0.25) is 0 Å². The standard InChI is InChI=1S/C9H6BrIO2S/c10-6-1-2-13-9(6)8(12)5-3-7(11)14-4-5/h1-4,8,12H. The van der Waals surface area contributed by atoms with E-state index >= 15 is 0 Å². The Balaban J connectivity index is 2.33. The predicted molar refractivity (Wildman–Crippen MR) is 67.5 cm³/mol. The van der Waals surface area contributed by atoms with Crippen LogP contribution in [0, 0.1) is 2.88 Å². The molecule has 0 radical (unpaired) electrons. The Morgan fingerprint density at radius 1 is 1.57 bits per heavy atom. The normalized spacial score (nSPS) is 13.1. The maximum absolute atomic E-state index is 9.95. The third kappa shape index (κ3) is 2.05. The molecule has 2 heterocycles. The molecule has 2 rings (SSSR count). The zero-order chi connectivity index (χ0) is 10.1. The Morgan fingerprint density at radius 3 is 2.86 bits per heavy atom. The summed E-state index contributed by atoms with van der Waals surface area (Å²) in [6, 6.07) is 3.72. The molecule has 0 amide bonds. The average molecular weight is 385 g/mol. The van der Waals surface area contributed by atoms with E-state index in [1.165, 1.54) is 0 Å². The van der Waals surface area contributed by atoms with Crippen molar-refractivity contribution in [2.75, 3.05) is 0 Å². The number of furan rings is 1. The van der Waals surface area contributed by atoms with E-state index in [1.54, 1.807) is 23.7 Å². The summed E-state index contributed by atoms with van der Waals surface area (Å²) in [4.78, 5) is 0. The van der Waals surface area contributed by atoms with Crippen LogP contribution in [0.4, 0.5) is 0 Å². The lowest BCUT2D eigenvalue weighted by Gasteiger charge is -2.05. The minimum atomic E-state index is -0.681. The number of aliphatic hydroxyl groups excluding tert-OH is 1. The van der Waals surface area contributed by atoms with E-state index in [2.05, 4.69) is 38.5 Å². The molecule has 14 heavy (non-hydrogen) atoms. The summed E-state index contributed by atoms with van der Waals surface area (Å²) in [5, 5.41) is 11.9. The van der Waals surface area contributed by atoms with Crippen LogP contribution in [0.1, 0.15) is 17.4 Å². The molecule has 2 nitrogen and oxygen atoms in total. The molecule has 1 N–H and O–H groups in total. The van der Waals surface area contributed by atoms with Gasteiger partial charge in [-0.05, 0) is 61.6 Å². The van der Waals surface area contributed by atoms with Crippen molar-refractivity contribution in [2.45, 2.75) is 6.10 Å². The first-order chi connectivity index (χ1) is 6.68. The van der Waals surface area contributed by atoms with Crippen molar-refractivity contribution in [3.8, 4) is 0 Å². The van der Waals surface area contributed by atoms with Crippen LogP contribution < -0.4 is 0 Å². The first-order valence-corrected chi connectivity index (χ1v) is 6.58. The van der Waals surface area contributed by atoms with Crippen LogP contribution in [-0.2, 0) is 0 Å². The number of rotatable bonds is 2. The molecule has 0 spiro atoms. The number of aliphatic hydroxyl groups is 1. The molecule has 2 aromatic rings. The summed E-state index contributed by atoms with van der Waals surface area (Å²) in [5.74, 6) is 0.555. The third-order valence-corrected chi connectivity index (χ3v) is 4.26. The zero-order valence-corrected chi connectivity index (χ0v) is 11.5. The van der Waals surface area contributed by atoms with E-state index < -0.39 is 6.10 Å². The lowest BCUT2D eigenvalue weighted by atomic mass is 10.1. The molecule has 1 unspecified atom stereocenters. The van der Waals surface area contributed by atoms with Crippen LogP contribution in [0.3, 0.4) is 0 Å². The van der Waals surface area contributed by atoms with E-state index in [0.717, 1.165) is 12.9 Å². The van der Waals surface area contributed by atoms with Crippen molar-refractivity contribution in [1.29, 1.82) is 0 Å². The van der Waals surface area contributed by atoms with Gasteiger partial charge in [0.15, 0.2) is 5.76 Å². The van der Waals surface area contributed by atoms with Crippen molar-refractivity contribution >= 4 is 49.9 Å². The van der Waals surface area contributed by atoms with Gasteiger partial charge in [-0.25, -0.2) is 0 Å². The summed E-state index contributed by atoms with van der Waals surface area (Å²) in [6.45, 7) is 0. The smallest absolute Gasteiger partial charge is 0.150 e. The molecule has 1 atom stereocenters. The second kappa shape index (κ2) is 4.34. The zero-order valence-electron chi connectivity index (χ0n) is 6.91. The fourth-order valence-electron chi connectivity index (χ4n) is 1.12. The fraction of sp³-hybridized carbons (Fsp3) is 0.111. The van der Waals surface area contributed by atoms with E-state index in [1.807, 2.05) is 11.4 Å². The van der Waals surface area contributed by atoms with Crippen LogP contribution in [-0.4, -0.2) is 5.11 Å². The van der Waals surface area contributed by atoms with Gasteiger partial charge in [0.25, 0.3) is 0 Å². The number of thiophene rings is 1. The van der Waals surface area contributed by atoms with Crippen molar-refractivity contribution in [2.24, 2.45) is 0 Å². The van der Waals surface area contributed by atoms with Gasteiger partial charge in [-0.2, -0.15) is 0 Å². The molecular formula is C9H6BrIO2S. The van der Waals surface area contributed by atoms with Crippen LogP contribution in [0.5, 0.6) is 0 Å². The Bertz CT molecular complexity index is 437. The highest BCUT2D eigenvalue weighted by Gasteiger charge is 2.17. The first-order valence-electron chi connectivity index (χ1n) is 3.83. The molecule has 0 aromatic carbocycles. The van der Waals surface area contributed by atoms with Crippen LogP contribution >= 0.6 is 49.9 Å². The summed E-state index contributed by atoms with van der Waals surface area (Å²) >= 11 is 7.15. The second-order valence-electron chi connectivity index (χ2n) is 2.72. The highest BCUT2D eigenvalue weighted by molar-refractivity contribution is 14.1. The van der Waals surface area contributed by atoms with Crippen LogP contribution in [0.15, 0.2) is 32.7 Å². The molecule has 0 saturated carbocycles. The maximum Gasteiger partial charge on any atom is 0.150 e. The minimum Gasteiger partial charge on any atom is -0.465 e. The monoisotopic (exact) mass is 384 g/mol. The second-order valence-corrected chi connectivity index (χ2v) is 6.38. The number of hydrogen-bond donors (Lipinski definition) is 1. The van der Waals surface area contributed by atoms with Crippen molar-refractivity contribution in [1.82, 2.24) is 0 Å². The first kappa shape index (κ1) is 10.7. The SMILES string of the molecule is OC(c1csc(I)c1)c1occc1Br. The van der Waals surface area contributed by atoms with E-state index in [9.17, 15) is 5.11 Å². The van der Waals surface area contributed by atoms with Crippen LogP contribution in [0.25, 0.3) is 0 Å². The lowest BCUT2D eigenvalue weighted by Crippen LogP contribution is -1.96. The quantitative estimate of drug-likeness (QED) is 0.799. The Morgan fingerprint density at radius 2 is 2.36 bits per heavy atom. The van der Waals surface area contributed by atoms with Gasteiger partial charge in [0.2, 0.25) is 0 Å². The van der Waals surface area contributed by atoms with E-state index in [0.29, 0.717) is 5.76 Å². The van der Waals surface area contributed by atoms with Gasteiger partial charge in [-0.1, -0.05) is 0 Å². The molecule has 0 saturated heterocycles. The molecule has 0 aliphatic carbocycles. The van der Waals surface area contributed by atoms with Gasteiger partial charge in [-0.15, -0.1) is 11.3 Å². The van der Waals surface area contributed by atoms with Crippen molar-refractivity contribution < 1.29 is 9.52 Å². The lowest BCUT2D eigenvalue weighted by molar-refractivity contribution is 0.188. The Kier molecular flexibility index (Phi) is 3.30. The molecule has 0 aliphatic heterocycles. The summed E-state index contributed by atoms with van der Waals surface area (Å²) in [5.41, 5.74) is 0.870. The average Bonchev–Trinajstić information content (AvgIpc) is 2.73. The minimum absolute atomic E-state index is 0.555. The molecule has 74 valence electrons. The summed E-state index contributed by atoms with van der Waals surface area (Å²) in [7, 11) is 0. The Labute approximate surface area is 107 Å².